The third-order valence-electron chi connectivity index (χ3n) is 3.59. The van der Waals surface area contributed by atoms with Crippen molar-refractivity contribution in [3.63, 3.8) is 0 Å². The van der Waals surface area contributed by atoms with Gasteiger partial charge >= 0.3 is 11.9 Å². The summed E-state index contributed by atoms with van der Waals surface area (Å²) in [5.41, 5.74) is -1.37. The van der Waals surface area contributed by atoms with Crippen LogP contribution in [-0.2, 0) is 29.5 Å². The number of fused-ring (bicyclic) bond motifs is 2. The number of carbonyl (C=O) groups excluding carboxylic acids is 3. The van der Waals surface area contributed by atoms with E-state index in [0.29, 0.717) is 5.69 Å². The molecule has 0 radical (unpaired) electrons. The molecule has 1 aromatic carbocycles. The number of carbonyl (C=O) groups is 3. The molecule has 20 heavy (non-hydrogen) atoms. The molecule has 0 saturated carbocycles. The summed E-state index contributed by atoms with van der Waals surface area (Å²) in [7, 11) is 1.15. The van der Waals surface area contributed by atoms with E-state index in [1.54, 1.807) is 0 Å². The van der Waals surface area contributed by atoms with Gasteiger partial charge in [0.05, 0.1) is 13.5 Å². The predicted molar refractivity (Wildman–Crippen MR) is 62.9 cm³/mol. The van der Waals surface area contributed by atoms with Gasteiger partial charge in [-0.15, -0.1) is 0 Å². The lowest BCUT2D eigenvalue weighted by atomic mass is 9.82. The predicted octanol–water partition coefficient (Wildman–Crippen LogP) is 0.709. The van der Waals surface area contributed by atoms with Crippen LogP contribution in [0.15, 0.2) is 18.2 Å². The summed E-state index contributed by atoms with van der Waals surface area (Å²) in [6.45, 7) is 0. The number of amides is 1. The summed E-state index contributed by atoms with van der Waals surface area (Å²) in [4.78, 5) is 35.6. The van der Waals surface area contributed by atoms with Gasteiger partial charge in [0.25, 0.3) is 5.91 Å². The van der Waals surface area contributed by atoms with E-state index in [1.165, 1.54) is 12.1 Å². The zero-order chi connectivity index (χ0) is 14.5. The first-order chi connectivity index (χ1) is 9.49. The Balaban J connectivity index is 2.20. The maximum Gasteiger partial charge on any atom is 0.314 e. The van der Waals surface area contributed by atoms with Crippen LogP contribution in [-0.4, -0.2) is 25.0 Å². The van der Waals surface area contributed by atoms with Crippen molar-refractivity contribution in [3.05, 3.63) is 29.6 Å². The van der Waals surface area contributed by atoms with Gasteiger partial charge in [0.2, 0.25) is 5.60 Å². The molecule has 0 bridgehead atoms. The summed E-state index contributed by atoms with van der Waals surface area (Å²) in [5.74, 6) is -3.83. The molecule has 1 N–H and O–H groups in total. The summed E-state index contributed by atoms with van der Waals surface area (Å²) in [6, 6.07) is 3.61. The second-order valence-corrected chi connectivity index (χ2v) is 4.63. The van der Waals surface area contributed by atoms with Crippen molar-refractivity contribution >= 4 is 23.5 Å². The van der Waals surface area contributed by atoms with Crippen molar-refractivity contribution < 1.29 is 28.2 Å². The third kappa shape index (κ3) is 1.46. The minimum atomic E-state index is -1.83. The van der Waals surface area contributed by atoms with E-state index >= 15 is 0 Å². The Morgan fingerprint density at radius 1 is 1.50 bits per heavy atom. The molecule has 2 aliphatic rings. The molecule has 6 nitrogen and oxygen atoms in total. The van der Waals surface area contributed by atoms with Gasteiger partial charge in [0, 0.05) is 11.3 Å². The number of methoxy groups -OCH3 is 1. The summed E-state index contributed by atoms with van der Waals surface area (Å²) < 4.78 is 23.2. The first-order valence-electron chi connectivity index (χ1n) is 5.90. The average molecular weight is 279 g/mol. The molecule has 1 saturated heterocycles. The first-order valence-corrected chi connectivity index (χ1v) is 5.90. The number of ether oxygens (including phenoxy) is 2. The molecule has 2 aliphatic heterocycles. The minimum Gasteiger partial charge on any atom is -0.469 e. The van der Waals surface area contributed by atoms with Gasteiger partial charge in [-0.25, -0.2) is 4.39 Å². The SMILES string of the molecule is COC(=O)C1CC(=O)OC12C(=O)Nc1ccc(F)cc12. The molecule has 2 heterocycles. The Hall–Kier alpha value is -2.44. The van der Waals surface area contributed by atoms with Crippen LogP contribution in [0.1, 0.15) is 12.0 Å². The Morgan fingerprint density at radius 2 is 2.25 bits per heavy atom. The molecule has 2 unspecified atom stereocenters. The third-order valence-corrected chi connectivity index (χ3v) is 3.59. The Labute approximate surface area is 112 Å². The van der Waals surface area contributed by atoms with Crippen LogP contribution >= 0.6 is 0 Å². The summed E-state index contributed by atoms with van der Waals surface area (Å²) in [5, 5.41) is 2.50. The first kappa shape index (κ1) is 12.6. The van der Waals surface area contributed by atoms with E-state index in [-0.39, 0.29) is 12.0 Å². The zero-order valence-electron chi connectivity index (χ0n) is 10.4. The van der Waals surface area contributed by atoms with Crippen molar-refractivity contribution in [2.75, 3.05) is 12.4 Å². The fraction of sp³-hybridized carbons (Fsp3) is 0.308. The van der Waals surface area contributed by atoms with Crippen molar-refractivity contribution in [1.82, 2.24) is 0 Å². The van der Waals surface area contributed by atoms with Crippen LogP contribution in [0.25, 0.3) is 0 Å². The molecule has 104 valence electrons. The van der Waals surface area contributed by atoms with Crippen molar-refractivity contribution in [1.29, 1.82) is 0 Å². The fourth-order valence-electron chi connectivity index (χ4n) is 2.71. The van der Waals surface area contributed by atoms with Gasteiger partial charge in [0.1, 0.15) is 11.7 Å². The van der Waals surface area contributed by atoms with Crippen LogP contribution in [0.3, 0.4) is 0 Å². The number of halogens is 1. The molecule has 1 fully saturated rings. The van der Waals surface area contributed by atoms with Crippen molar-refractivity contribution in [3.8, 4) is 0 Å². The minimum absolute atomic E-state index is 0.142. The van der Waals surface area contributed by atoms with Crippen LogP contribution < -0.4 is 5.32 Å². The van der Waals surface area contributed by atoms with Gasteiger partial charge in [-0.2, -0.15) is 0 Å². The second kappa shape index (κ2) is 4.03. The molecule has 1 aromatic rings. The van der Waals surface area contributed by atoms with E-state index in [1.807, 2.05) is 0 Å². The van der Waals surface area contributed by atoms with E-state index in [2.05, 4.69) is 10.1 Å². The van der Waals surface area contributed by atoms with Gasteiger partial charge in [0.15, 0.2) is 0 Å². The molecule has 2 atom stereocenters. The topological polar surface area (TPSA) is 81.7 Å². The molecule has 0 aromatic heterocycles. The maximum atomic E-state index is 13.4. The van der Waals surface area contributed by atoms with E-state index in [9.17, 15) is 18.8 Å². The van der Waals surface area contributed by atoms with Crippen LogP contribution in [0.4, 0.5) is 10.1 Å². The Morgan fingerprint density at radius 3 is 2.95 bits per heavy atom. The lowest BCUT2D eigenvalue weighted by Gasteiger charge is -2.25. The lowest BCUT2D eigenvalue weighted by molar-refractivity contribution is -0.164. The van der Waals surface area contributed by atoms with Gasteiger partial charge < -0.3 is 14.8 Å². The van der Waals surface area contributed by atoms with Crippen LogP contribution in [0, 0.1) is 11.7 Å². The molecular formula is C13H10FNO5. The number of nitrogens with one attached hydrogen (secondary N) is 1. The zero-order valence-corrected chi connectivity index (χ0v) is 10.4. The summed E-state index contributed by atoms with van der Waals surface area (Å²) in [6.07, 6.45) is -0.282. The van der Waals surface area contributed by atoms with Crippen molar-refractivity contribution in [2.45, 2.75) is 12.0 Å². The number of anilines is 1. The highest BCUT2D eigenvalue weighted by Gasteiger charge is 2.63. The van der Waals surface area contributed by atoms with Crippen LogP contribution in [0.2, 0.25) is 0 Å². The molecule has 0 aliphatic carbocycles. The van der Waals surface area contributed by atoms with E-state index in [0.717, 1.165) is 13.2 Å². The summed E-state index contributed by atoms with van der Waals surface area (Å²) >= 11 is 0. The van der Waals surface area contributed by atoms with E-state index < -0.39 is 35.2 Å². The molecule has 1 amide bonds. The normalized spacial score (nSPS) is 27.2. The number of hydrogen-bond donors (Lipinski definition) is 1. The monoisotopic (exact) mass is 279 g/mol. The number of esters is 2. The number of hydrogen-bond acceptors (Lipinski definition) is 5. The highest BCUT2D eigenvalue weighted by Crippen LogP contribution is 2.49. The quantitative estimate of drug-likeness (QED) is 0.766. The van der Waals surface area contributed by atoms with Crippen LogP contribution in [0.5, 0.6) is 0 Å². The molecule has 3 rings (SSSR count). The molecular weight excluding hydrogens is 269 g/mol. The Kier molecular flexibility index (Phi) is 2.53. The fourth-order valence-corrected chi connectivity index (χ4v) is 2.71. The Bertz CT molecular complexity index is 644. The standard InChI is InChI=1S/C13H10FNO5/c1-19-11(17)8-5-10(16)20-13(8)7-4-6(14)2-3-9(7)15-12(13)18/h2-4,8H,5H2,1H3,(H,15,18). The highest BCUT2D eigenvalue weighted by atomic mass is 19.1. The van der Waals surface area contributed by atoms with Gasteiger partial charge in [-0.3, -0.25) is 14.4 Å². The number of benzene rings is 1. The van der Waals surface area contributed by atoms with Crippen molar-refractivity contribution in [2.24, 2.45) is 5.92 Å². The molecule has 7 heteroatoms. The maximum absolute atomic E-state index is 13.4. The smallest absolute Gasteiger partial charge is 0.314 e. The lowest BCUT2D eigenvalue weighted by Crippen LogP contribution is -2.43. The average Bonchev–Trinajstić information content (AvgIpc) is 2.90. The second-order valence-electron chi connectivity index (χ2n) is 4.63. The van der Waals surface area contributed by atoms with E-state index in [4.69, 9.17) is 4.74 Å². The van der Waals surface area contributed by atoms with Gasteiger partial charge in [-0.1, -0.05) is 0 Å². The highest BCUT2D eigenvalue weighted by molar-refractivity contribution is 6.10. The van der Waals surface area contributed by atoms with Gasteiger partial charge in [-0.05, 0) is 18.2 Å². The number of rotatable bonds is 1. The largest absolute Gasteiger partial charge is 0.469 e. The molecule has 1 spiro atoms.